The first-order valence-electron chi connectivity index (χ1n) is 3.91. The summed E-state index contributed by atoms with van der Waals surface area (Å²) in [5, 5.41) is 0.0971. The molecule has 2 nitrogen and oxygen atoms in total. The molecule has 0 aliphatic rings. The Morgan fingerprint density at radius 2 is 1.58 bits per heavy atom. The molecule has 0 heterocycles. The van der Waals surface area contributed by atoms with Crippen LogP contribution in [-0.2, 0) is 9.62 Å². The van der Waals surface area contributed by atoms with Gasteiger partial charge in [0.2, 0.25) is 0 Å². The normalized spacial score (nSPS) is 11.9. The van der Waals surface area contributed by atoms with Crippen molar-refractivity contribution in [3.05, 3.63) is 30.3 Å². The minimum absolute atomic E-state index is 0.0971. The SMILES string of the molecule is CC(C)S(=N)(=N)c1ccccc1. The molecule has 0 saturated carbocycles. The van der Waals surface area contributed by atoms with E-state index >= 15 is 0 Å². The summed E-state index contributed by atoms with van der Waals surface area (Å²) in [4.78, 5) is 0.847. The largest absolute Gasteiger partial charge is 0.266 e. The van der Waals surface area contributed by atoms with Crippen LogP contribution in [0.15, 0.2) is 35.2 Å². The molecule has 1 aromatic carbocycles. The molecule has 0 aliphatic heterocycles. The Kier molecular flexibility index (Phi) is 2.52. The van der Waals surface area contributed by atoms with Gasteiger partial charge in [-0.3, -0.25) is 9.56 Å². The molecule has 1 rings (SSSR count). The molecule has 0 atom stereocenters. The van der Waals surface area contributed by atoms with E-state index in [2.05, 4.69) is 0 Å². The Bertz CT molecular complexity index is 338. The lowest BCUT2D eigenvalue weighted by molar-refractivity contribution is 1.07. The molecule has 1 aromatic rings. The minimum atomic E-state index is -2.08. The highest BCUT2D eigenvalue weighted by Crippen LogP contribution is 2.16. The van der Waals surface area contributed by atoms with E-state index in [9.17, 15) is 0 Å². The van der Waals surface area contributed by atoms with Crippen molar-refractivity contribution >= 4 is 9.62 Å². The Morgan fingerprint density at radius 3 is 2.00 bits per heavy atom. The van der Waals surface area contributed by atoms with Gasteiger partial charge in [-0.1, -0.05) is 32.0 Å². The van der Waals surface area contributed by atoms with E-state index < -0.39 is 9.62 Å². The minimum Gasteiger partial charge on any atom is -0.266 e. The fourth-order valence-corrected chi connectivity index (χ4v) is 2.04. The van der Waals surface area contributed by atoms with Gasteiger partial charge in [0.15, 0.2) is 0 Å². The second-order valence-corrected chi connectivity index (χ2v) is 5.76. The lowest BCUT2D eigenvalue weighted by atomic mass is 10.4. The van der Waals surface area contributed by atoms with Crippen LogP contribution in [0.3, 0.4) is 0 Å². The first-order chi connectivity index (χ1) is 5.55. The number of rotatable bonds is 2. The Hall–Kier alpha value is -0.830. The maximum absolute atomic E-state index is 7.87. The maximum Gasteiger partial charge on any atom is 0.0278 e. The summed E-state index contributed by atoms with van der Waals surface area (Å²) in [6.45, 7) is 3.87. The van der Waals surface area contributed by atoms with Crippen LogP contribution in [0, 0.1) is 9.56 Å². The van der Waals surface area contributed by atoms with Crippen molar-refractivity contribution in [3.63, 3.8) is 0 Å². The van der Waals surface area contributed by atoms with Crippen molar-refractivity contribution in [3.8, 4) is 0 Å². The van der Waals surface area contributed by atoms with E-state index in [1.807, 2.05) is 44.2 Å². The van der Waals surface area contributed by atoms with Crippen molar-refractivity contribution in [1.29, 1.82) is 9.56 Å². The fraction of sp³-hybridized carbons (Fsp3) is 0.333. The van der Waals surface area contributed by atoms with Crippen LogP contribution in [0.1, 0.15) is 13.8 Å². The summed E-state index contributed by atoms with van der Waals surface area (Å²) in [5.41, 5.74) is 0. The third-order valence-electron chi connectivity index (χ3n) is 1.82. The molecule has 0 spiro atoms. The lowest BCUT2D eigenvalue weighted by Gasteiger charge is -2.14. The average molecular weight is 182 g/mol. The third kappa shape index (κ3) is 1.67. The van der Waals surface area contributed by atoms with E-state index in [-0.39, 0.29) is 5.25 Å². The van der Waals surface area contributed by atoms with Gasteiger partial charge in [0.05, 0.1) is 0 Å². The smallest absolute Gasteiger partial charge is 0.0278 e. The Morgan fingerprint density at radius 1 is 1.08 bits per heavy atom. The molecule has 0 fully saturated rings. The highest BCUT2D eigenvalue weighted by atomic mass is 32.2. The van der Waals surface area contributed by atoms with Gasteiger partial charge in [0.1, 0.15) is 0 Å². The van der Waals surface area contributed by atoms with Crippen LogP contribution >= 0.6 is 0 Å². The van der Waals surface area contributed by atoms with Crippen molar-refractivity contribution in [2.24, 2.45) is 0 Å². The van der Waals surface area contributed by atoms with E-state index in [4.69, 9.17) is 9.56 Å². The summed E-state index contributed by atoms with van der Waals surface area (Å²) < 4.78 is 15.7. The quantitative estimate of drug-likeness (QED) is 0.706. The Balaban J connectivity index is 3.17. The molecular weight excluding hydrogens is 168 g/mol. The Labute approximate surface area is 74.0 Å². The van der Waals surface area contributed by atoms with Crippen LogP contribution in [0.2, 0.25) is 0 Å². The first kappa shape index (κ1) is 9.26. The van der Waals surface area contributed by atoms with Gasteiger partial charge in [-0.05, 0) is 21.8 Å². The zero-order chi connectivity index (χ0) is 9.19. The van der Waals surface area contributed by atoms with E-state index in [1.54, 1.807) is 0 Å². The van der Waals surface area contributed by atoms with Crippen molar-refractivity contribution < 1.29 is 0 Å². The number of nitrogens with one attached hydrogen (secondary N) is 2. The topological polar surface area (TPSA) is 47.7 Å². The molecule has 66 valence electrons. The third-order valence-corrected chi connectivity index (χ3v) is 4.25. The second kappa shape index (κ2) is 3.27. The fourth-order valence-electron chi connectivity index (χ4n) is 0.907. The molecule has 0 aromatic heterocycles. The van der Waals surface area contributed by atoms with Crippen LogP contribution in [0.5, 0.6) is 0 Å². The van der Waals surface area contributed by atoms with Crippen molar-refractivity contribution in [1.82, 2.24) is 0 Å². The molecule has 0 unspecified atom stereocenters. The maximum atomic E-state index is 7.87. The predicted molar refractivity (Wildman–Crippen MR) is 52.6 cm³/mol. The highest BCUT2D eigenvalue weighted by Gasteiger charge is 2.08. The molecule has 0 bridgehead atoms. The van der Waals surface area contributed by atoms with Gasteiger partial charge in [-0.2, -0.15) is 0 Å². The molecule has 0 amide bonds. The summed E-state index contributed by atoms with van der Waals surface area (Å²) >= 11 is 0. The zero-order valence-electron chi connectivity index (χ0n) is 7.37. The van der Waals surface area contributed by atoms with Crippen LogP contribution in [0.4, 0.5) is 0 Å². The molecule has 0 saturated heterocycles. The summed E-state index contributed by atoms with van der Waals surface area (Å²) in [5.74, 6) is 0. The van der Waals surface area contributed by atoms with Gasteiger partial charge < -0.3 is 0 Å². The van der Waals surface area contributed by atoms with Gasteiger partial charge in [-0.25, -0.2) is 0 Å². The highest BCUT2D eigenvalue weighted by molar-refractivity contribution is 7.94. The predicted octanol–water partition coefficient (Wildman–Crippen LogP) is 3.13. The number of benzene rings is 1. The van der Waals surface area contributed by atoms with E-state index in [1.165, 1.54) is 0 Å². The standard InChI is InChI=1S/C9H14N2S/c1-8(2)12(10,11)9-6-4-3-5-7-9/h3-8,10-11H,1-2H3. The first-order valence-corrected chi connectivity index (χ1v) is 5.61. The van der Waals surface area contributed by atoms with E-state index in [0.29, 0.717) is 0 Å². The molecular formula is C9H14N2S. The summed E-state index contributed by atoms with van der Waals surface area (Å²) in [7, 11) is -2.08. The molecule has 2 N–H and O–H groups in total. The zero-order valence-corrected chi connectivity index (χ0v) is 8.19. The monoisotopic (exact) mass is 182 g/mol. The van der Waals surface area contributed by atoms with E-state index in [0.717, 1.165) is 4.90 Å². The summed E-state index contributed by atoms with van der Waals surface area (Å²) in [6, 6.07) is 9.44. The van der Waals surface area contributed by atoms with Crippen molar-refractivity contribution in [2.75, 3.05) is 0 Å². The molecule has 12 heavy (non-hydrogen) atoms. The van der Waals surface area contributed by atoms with Gasteiger partial charge in [0, 0.05) is 10.1 Å². The van der Waals surface area contributed by atoms with Crippen LogP contribution in [-0.4, -0.2) is 5.25 Å². The number of hydrogen-bond donors (Lipinski definition) is 2. The second-order valence-electron chi connectivity index (χ2n) is 3.02. The number of hydrogen-bond acceptors (Lipinski definition) is 2. The van der Waals surface area contributed by atoms with Crippen LogP contribution in [0.25, 0.3) is 0 Å². The van der Waals surface area contributed by atoms with Gasteiger partial charge in [0.25, 0.3) is 0 Å². The molecule has 3 heteroatoms. The lowest BCUT2D eigenvalue weighted by Crippen LogP contribution is -2.10. The van der Waals surface area contributed by atoms with Crippen LogP contribution < -0.4 is 0 Å². The average Bonchev–Trinajstić information content (AvgIpc) is 2.06. The summed E-state index contributed by atoms with van der Waals surface area (Å²) in [6.07, 6.45) is 0. The molecule has 0 aliphatic carbocycles. The van der Waals surface area contributed by atoms with Crippen molar-refractivity contribution in [2.45, 2.75) is 24.0 Å². The van der Waals surface area contributed by atoms with Gasteiger partial charge in [-0.15, -0.1) is 0 Å². The molecule has 0 radical (unpaired) electrons. The van der Waals surface area contributed by atoms with Gasteiger partial charge >= 0.3 is 0 Å².